The van der Waals surface area contributed by atoms with Gasteiger partial charge < -0.3 is 5.32 Å². The molecule has 1 aromatic rings. The maximum atomic E-state index is 11.6. The molecule has 0 unspecified atom stereocenters. The van der Waals surface area contributed by atoms with Crippen molar-refractivity contribution in [1.29, 1.82) is 0 Å². The van der Waals surface area contributed by atoms with Crippen molar-refractivity contribution in [1.82, 2.24) is 5.32 Å². The smallest absolute Gasteiger partial charge is 0.249 e. The molecule has 2 heterocycles. The SMILES string of the molecule is Cc1ccc2c(c1)=C1CCNC(=O)[C@H]1N=2. The monoisotopic (exact) mass is 200 g/mol. The average molecular weight is 200 g/mol. The van der Waals surface area contributed by atoms with Crippen molar-refractivity contribution in [2.45, 2.75) is 19.4 Å². The van der Waals surface area contributed by atoms with Gasteiger partial charge in [0.2, 0.25) is 5.91 Å². The number of amides is 1. The third-order valence-corrected chi connectivity index (χ3v) is 3.04. The first-order chi connectivity index (χ1) is 7.25. The van der Waals surface area contributed by atoms with Crippen LogP contribution in [-0.4, -0.2) is 18.5 Å². The van der Waals surface area contributed by atoms with Crippen LogP contribution in [0, 0.1) is 6.92 Å². The zero-order chi connectivity index (χ0) is 10.4. The highest BCUT2D eigenvalue weighted by molar-refractivity contribution is 5.94. The number of carbonyl (C=O) groups excluding carboxylic acids is 1. The van der Waals surface area contributed by atoms with E-state index in [2.05, 4.69) is 23.3 Å². The van der Waals surface area contributed by atoms with Crippen LogP contribution in [0.25, 0.3) is 5.57 Å². The Morgan fingerprint density at radius 2 is 2.33 bits per heavy atom. The fourth-order valence-corrected chi connectivity index (χ4v) is 2.29. The summed E-state index contributed by atoms with van der Waals surface area (Å²) in [5, 5.41) is 5.00. The van der Waals surface area contributed by atoms with E-state index in [-0.39, 0.29) is 11.9 Å². The Morgan fingerprint density at radius 1 is 1.47 bits per heavy atom. The number of carbonyl (C=O) groups is 1. The Labute approximate surface area is 87.5 Å². The molecular formula is C12H12N2O. The standard InChI is InChI=1S/C12H12N2O/c1-7-2-3-10-9(6-7)8-4-5-13-12(15)11(8)14-10/h2-3,6,11H,4-5H2,1H3,(H,13,15)/t11-/m0/s1. The predicted octanol–water partition coefficient (Wildman–Crippen LogP) is -0.333. The molecule has 3 heteroatoms. The van der Waals surface area contributed by atoms with Crippen LogP contribution in [0.1, 0.15) is 12.0 Å². The summed E-state index contributed by atoms with van der Waals surface area (Å²) in [5.41, 5.74) is 2.42. The van der Waals surface area contributed by atoms with Gasteiger partial charge in [0.15, 0.2) is 6.04 Å². The van der Waals surface area contributed by atoms with Crippen LogP contribution in [0.3, 0.4) is 0 Å². The first kappa shape index (κ1) is 8.65. The topological polar surface area (TPSA) is 41.5 Å². The van der Waals surface area contributed by atoms with Crippen LogP contribution in [0.2, 0.25) is 0 Å². The highest BCUT2D eigenvalue weighted by atomic mass is 16.2. The molecule has 0 bridgehead atoms. The van der Waals surface area contributed by atoms with E-state index in [0.717, 1.165) is 18.3 Å². The van der Waals surface area contributed by atoms with Crippen molar-refractivity contribution >= 4 is 11.5 Å². The van der Waals surface area contributed by atoms with Crippen LogP contribution < -0.4 is 15.9 Å². The lowest BCUT2D eigenvalue weighted by atomic mass is 9.99. The summed E-state index contributed by atoms with van der Waals surface area (Å²) < 4.78 is 0. The number of hydrogen-bond donors (Lipinski definition) is 1. The van der Waals surface area contributed by atoms with Crippen molar-refractivity contribution < 1.29 is 4.79 Å². The van der Waals surface area contributed by atoms with Crippen molar-refractivity contribution in [3.63, 3.8) is 0 Å². The third-order valence-electron chi connectivity index (χ3n) is 3.04. The number of benzene rings is 1. The predicted molar refractivity (Wildman–Crippen MR) is 56.8 cm³/mol. The number of aryl methyl sites for hydroxylation is 1. The Balaban J connectivity index is 2.31. The van der Waals surface area contributed by atoms with Gasteiger partial charge in [0, 0.05) is 11.8 Å². The number of rotatable bonds is 0. The molecule has 1 saturated heterocycles. The minimum Gasteiger partial charge on any atom is -0.354 e. The first-order valence-corrected chi connectivity index (χ1v) is 5.21. The van der Waals surface area contributed by atoms with Crippen LogP contribution in [0.4, 0.5) is 0 Å². The number of fused-ring (bicyclic) bond motifs is 2. The van der Waals surface area contributed by atoms with Gasteiger partial charge in [-0.05, 0) is 31.1 Å². The van der Waals surface area contributed by atoms with E-state index in [4.69, 9.17) is 0 Å². The van der Waals surface area contributed by atoms with Gasteiger partial charge in [-0.15, -0.1) is 0 Å². The number of nitrogens with one attached hydrogen (secondary N) is 1. The average Bonchev–Trinajstić information content (AvgIpc) is 2.58. The summed E-state index contributed by atoms with van der Waals surface area (Å²) in [6, 6.07) is 5.92. The van der Waals surface area contributed by atoms with Crippen molar-refractivity contribution in [2.24, 2.45) is 4.99 Å². The van der Waals surface area contributed by atoms with Gasteiger partial charge in [-0.1, -0.05) is 11.6 Å². The van der Waals surface area contributed by atoms with Crippen molar-refractivity contribution in [3.8, 4) is 0 Å². The minimum atomic E-state index is -0.254. The summed E-state index contributed by atoms with van der Waals surface area (Å²) in [7, 11) is 0. The van der Waals surface area contributed by atoms with Gasteiger partial charge in [0.05, 0.1) is 5.36 Å². The molecule has 3 nitrogen and oxygen atoms in total. The molecular weight excluding hydrogens is 188 g/mol. The van der Waals surface area contributed by atoms with Gasteiger partial charge in [-0.25, -0.2) is 0 Å². The molecule has 0 spiro atoms. The molecule has 15 heavy (non-hydrogen) atoms. The van der Waals surface area contributed by atoms with E-state index in [1.165, 1.54) is 16.4 Å². The number of piperidine rings is 1. The maximum Gasteiger partial charge on any atom is 0.249 e. The molecule has 1 N–H and O–H groups in total. The van der Waals surface area contributed by atoms with Gasteiger partial charge in [0.1, 0.15) is 0 Å². The summed E-state index contributed by atoms with van der Waals surface area (Å²) in [6.45, 7) is 2.81. The highest BCUT2D eigenvalue weighted by Gasteiger charge is 2.29. The minimum absolute atomic E-state index is 0.0464. The molecule has 1 atom stereocenters. The second-order valence-corrected chi connectivity index (χ2v) is 4.12. The van der Waals surface area contributed by atoms with E-state index < -0.39 is 0 Å². The van der Waals surface area contributed by atoms with Crippen LogP contribution >= 0.6 is 0 Å². The van der Waals surface area contributed by atoms with Gasteiger partial charge in [-0.3, -0.25) is 9.79 Å². The quantitative estimate of drug-likeness (QED) is 0.612. The Kier molecular flexibility index (Phi) is 1.69. The Hall–Kier alpha value is -1.64. The normalized spacial score (nSPS) is 22.9. The van der Waals surface area contributed by atoms with Crippen LogP contribution in [0.5, 0.6) is 0 Å². The van der Waals surface area contributed by atoms with Gasteiger partial charge in [-0.2, -0.15) is 0 Å². The first-order valence-electron chi connectivity index (χ1n) is 5.21. The van der Waals surface area contributed by atoms with E-state index >= 15 is 0 Å². The Bertz CT molecular complexity index is 559. The summed E-state index contributed by atoms with van der Waals surface area (Å²) in [5.74, 6) is 0.0464. The lowest BCUT2D eigenvalue weighted by Crippen LogP contribution is -2.40. The van der Waals surface area contributed by atoms with Crippen LogP contribution in [-0.2, 0) is 4.79 Å². The summed E-state index contributed by atoms with van der Waals surface area (Å²) >= 11 is 0. The number of nitrogens with zero attached hydrogens (tertiary/aromatic N) is 1. The second-order valence-electron chi connectivity index (χ2n) is 4.12. The molecule has 0 radical (unpaired) electrons. The second kappa shape index (κ2) is 2.92. The molecule has 3 rings (SSSR count). The van der Waals surface area contributed by atoms with Gasteiger partial charge in [0.25, 0.3) is 0 Å². The number of hydrogen-bond acceptors (Lipinski definition) is 2. The third kappa shape index (κ3) is 1.19. The van der Waals surface area contributed by atoms with E-state index in [0.29, 0.717) is 0 Å². The zero-order valence-electron chi connectivity index (χ0n) is 8.58. The fourth-order valence-electron chi connectivity index (χ4n) is 2.29. The largest absolute Gasteiger partial charge is 0.354 e. The Morgan fingerprint density at radius 3 is 3.20 bits per heavy atom. The zero-order valence-corrected chi connectivity index (χ0v) is 8.58. The molecule has 1 aromatic carbocycles. The molecule has 1 amide bonds. The van der Waals surface area contributed by atoms with E-state index in [1.54, 1.807) is 0 Å². The van der Waals surface area contributed by atoms with Crippen molar-refractivity contribution in [3.05, 3.63) is 34.3 Å². The highest BCUT2D eigenvalue weighted by Crippen LogP contribution is 2.17. The molecule has 76 valence electrons. The molecule has 0 aliphatic carbocycles. The fraction of sp³-hybridized carbons (Fsp3) is 0.333. The van der Waals surface area contributed by atoms with E-state index in [1.807, 2.05) is 12.1 Å². The molecule has 1 fully saturated rings. The molecule has 0 saturated carbocycles. The van der Waals surface area contributed by atoms with Crippen LogP contribution in [0.15, 0.2) is 23.2 Å². The lowest BCUT2D eigenvalue weighted by molar-refractivity contribution is -0.121. The molecule has 0 aromatic heterocycles. The van der Waals surface area contributed by atoms with Gasteiger partial charge >= 0.3 is 0 Å². The summed E-state index contributed by atoms with van der Waals surface area (Å²) in [4.78, 5) is 16.1. The maximum absolute atomic E-state index is 11.6. The molecule has 2 aliphatic rings. The molecule has 2 aliphatic heterocycles. The van der Waals surface area contributed by atoms with Crippen molar-refractivity contribution in [2.75, 3.05) is 6.54 Å². The van der Waals surface area contributed by atoms with E-state index in [9.17, 15) is 4.79 Å². The summed E-state index contributed by atoms with van der Waals surface area (Å²) in [6.07, 6.45) is 0.927. The lowest BCUT2D eigenvalue weighted by Gasteiger charge is -2.19.